The largest absolute Gasteiger partial charge is 0.507 e. The van der Waals surface area contributed by atoms with Gasteiger partial charge in [0.25, 0.3) is 0 Å². The van der Waals surface area contributed by atoms with Crippen molar-refractivity contribution in [2.75, 3.05) is 19.8 Å². The summed E-state index contributed by atoms with van der Waals surface area (Å²) in [5.74, 6) is 0.798. The topological polar surface area (TPSA) is 73.6 Å². The number of aromatic nitrogens is 2. The lowest BCUT2D eigenvalue weighted by Gasteiger charge is -2.32. The van der Waals surface area contributed by atoms with Crippen molar-refractivity contribution in [3.63, 3.8) is 0 Å². The van der Waals surface area contributed by atoms with Crippen molar-refractivity contribution < 1.29 is 19.4 Å². The second-order valence-electron chi connectivity index (χ2n) is 6.64. The minimum atomic E-state index is -0.0612. The minimum absolute atomic E-state index is 0.0612. The molecule has 1 N–H and O–H groups in total. The van der Waals surface area contributed by atoms with E-state index in [0.717, 1.165) is 12.1 Å². The number of rotatable bonds is 6. The van der Waals surface area contributed by atoms with Gasteiger partial charge in [0.2, 0.25) is 0 Å². The molecule has 2 aromatic rings. The quantitative estimate of drug-likeness (QED) is 0.815. The van der Waals surface area contributed by atoms with Crippen LogP contribution < -0.4 is 4.74 Å². The van der Waals surface area contributed by atoms with Crippen LogP contribution in [0.15, 0.2) is 30.5 Å². The smallest absolute Gasteiger partial charge is 0.157 e. The van der Waals surface area contributed by atoms with Crippen molar-refractivity contribution in [3.8, 4) is 11.5 Å². The van der Waals surface area contributed by atoms with Crippen LogP contribution in [0.2, 0.25) is 0 Å². The van der Waals surface area contributed by atoms with Crippen molar-refractivity contribution in [1.29, 1.82) is 0 Å². The summed E-state index contributed by atoms with van der Waals surface area (Å²) in [6.45, 7) is 6.00. The first-order valence-corrected chi connectivity index (χ1v) is 8.63. The van der Waals surface area contributed by atoms with Crippen LogP contribution in [0, 0.1) is 5.92 Å². The first kappa shape index (κ1) is 17.5. The lowest BCUT2D eigenvalue weighted by Crippen LogP contribution is -2.32. The van der Waals surface area contributed by atoms with Crippen molar-refractivity contribution >= 4 is 6.29 Å². The van der Waals surface area contributed by atoms with E-state index in [-0.39, 0.29) is 29.2 Å². The summed E-state index contributed by atoms with van der Waals surface area (Å²) in [6, 6.07) is 7.18. The van der Waals surface area contributed by atoms with Crippen molar-refractivity contribution in [2.45, 2.75) is 32.2 Å². The molecule has 1 aliphatic rings. The lowest BCUT2D eigenvalue weighted by molar-refractivity contribution is 0.0272. The average Bonchev–Trinajstić information content (AvgIpc) is 3.10. The molecule has 0 bridgehead atoms. The summed E-state index contributed by atoms with van der Waals surface area (Å²) in [5, 5.41) is 14.2. The molecule has 2 heterocycles. The zero-order valence-electron chi connectivity index (χ0n) is 14.6. The number of benzene rings is 1. The van der Waals surface area contributed by atoms with Crippen LogP contribution >= 0.6 is 0 Å². The molecule has 1 unspecified atom stereocenters. The Morgan fingerprint density at radius 1 is 1.44 bits per heavy atom. The average molecular weight is 344 g/mol. The predicted octanol–water partition coefficient (Wildman–Crippen LogP) is 3.18. The molecule has 1 fully saturated rings. The summed E-state index contributed by atoms with van der Waals surface area (Å²) < 4.78 is 13.6. The monoisotopic (exact) mass is 344 g/mol. The molecule has 1 saturated heterocycles. The number of carbonyl (C=O) groups is 1. The van der Waals surface area contributed by atoms with E-state index in [1.54, 1.807) is 12.1 Å². The predicted molar refractivity (Wildman–Crippen MR) is 93.3 cm³/mol. The third-order valence-corrected chi connectivity index (χ3v) is 4.68. The fraction of sp³-hybridized carbons (Fsp3) is 0.474. The zero-order valence-corrected chi connectivity index (χ0v) is 14.6. The standard InChI is InChI=1S/C19H24N2O4/c1-13(2)21-17(6-8-20-21)16-12-24-9-7-14(16)11-25-19-5-3-4-18(23)15(19)10-22/h3-6,8,10,13-14,16,23H,7,9,11-12H2,1-2H3/t14-,16?/m0/s1. The number of ether oxygens (including phenoxy) is 2. The number of hydrogen-bond acceptors (Lipinski definition) is 5. The van der Waals surface area contributed by atoms with Gasteiger partial charge in [0.1, 0.15) is 11.5 Å². The van der Waals surface area contributed by atoms with Gasteiger partial charge in [-0.2, -0.15) is 5.10 Å². The van der Waals surface area contributed by atoms with E-state index in [0.29, 0.717) is 31.9 Å². The third kappa shape index (κ3) is 3.69. The highest BCUT2D eigenvalue weighted by Gasteiger charge is 2.31. The SMILES string of the molecule is CC(C)n1nccc1C1COCC[C@H]1COc1cccc(O)c1C=O. The molecule has 1 aromatic heterocycles. The van der Waals surface area contributed by atoms with Gasteiger partial charge in [0, 0.05) is 36.4 Å². The molecular formula is C19H24N2O4. The zero-order chi connectivity index (χ0) is 17.8. The van der Waals surface area contributed by atoms with E-state index in [4.69, 9.17) is 9.47 Å². The van der Waals surface area contributed by atoms with Crippen LogP contribution in [0.4, 0.5) is 0 Å². The maximum absolute atomic E-state index is 11.2. The van der Waals surface area contributed by atoms with E-state index >= 15 is 0 Å². The van der Waals surface area contributed by atoms with Crippen molar-refractivity contribution in [3.05, 3.63) is 41.7 Å². The van der Waals surface area contributed by atoms with Crippen molar-refractivity contribution in [2.24, 2.45) is 5.92 Å². The number of carbonyl (C=O) groups excluding carboxylic acids is 1. The molecule has 3 rings (SSSR count). The van der Waals surface area contributed by atoms with Crippen LogP contribution in [-0.2, 0) is 4.74 Å². The Bertz CT molecular complexity index is 726. The Hall–Kier alpha value is -2.34. The number of hydrogen-bond donors (Lipinski definition) is 1. The lowest BCUT2D eigenvalue weighted by atomic mass is 9.86. The highest BCUT2D eigenvalue weighted by Crippen LogP contribution is 2.34. The van der Waals surface area contributed by atoms with E-state index in [2.05, 4.69) is 18.9 Å². The second kappa shape index (κ2) is 7.70. The van der Waals surface area contributed by atoms with Gasteiger partial charge in [0.05, 0.1) is 18.8 Å². The molecule has 0 aliphatic carbocycles. The van der Waals surface area contributed by atoms with E-state index in [9.17, 15) is 9.90 Å². The number of aldehydes is 1. The van der Waals surface area contributed by atoms with E-state index in [1.165, 1.54) is 6.07 Å². The molecule has 1 aliphatic heterocycles. The Balaban J connectivity index is 1.77. The van der Waals surface area contributed by atoms with Gasteiger partial charge in [-0.15, -0.1) is 0 Å². The summed E-state index contributed by atoms with van der Waals surface area (Å²) in [7, 11) is 0. The van der Waals surface area contributed by atoms with E-state index < -0.39 is 0 Å². The summed E-state index contributed by atoms with van der Waals surface area (Å²) in [5.41, 5.74) is 1.34. The van der Waals surface area contributed by atoms with E-state index in [1.807, 2.05) is 16.9 Å². The van der Waals surface area contributed by atoms with Gasteiger partial charge in [-0.3, -0.25) is 9.48 Å². The summed E-state index contributed by atoms with van der Waals surface area (Å²) in [6.07, 6.45) is 3.32. The second-order valence-corrected chi connectivity index (χ2v) is 6.64. The van der Waals surface area contributed by atoms with Crippen LogP contribution in [-0.4, -0.2) is 41.0 Å². The molecule has 0 spiro atoms. The molecule has 25 heavy (non-hydrogen) atoms. The van der Waals surface area contributed by atoms with Gasteiger partial charge in [-0.05, 0) is 38.5 Å². The van der Waals surface area contributed by atoms with Gasteiger partial charge < -0.3 is 14.6 Å². The fourth-order valence-corrected chi connectivity index (χ4v) is 3.33. The summed E-state index contributed by atoms with van der Waals surface area (Å²) >= 11 is 0. The molecular weight excluding hydrogens is 320 g/mol. The van der Waals surface area contributed by atoms with Gasteiger partial charge in [-0.1, -0.05) is 6.07 Å². The molecule has 0 amide bonds. The first-order valence-electron chi connectivity index (χ1n) is 8.63. The van der Waals surface area contributed by atoms with Crippen LogP contribution in [0.3, 0.4) is 0 Å². The fourth-order valence-electron chi connectivity index (χ4n) is 3.33. The van der Waals surface area contributed by atoms with Gasteiger partial charge in [0.15, 0.2) is 6.29 Å². The Kier molecular flexibility index (Phi) is 5.38. The van der Waals surface area contributed by atoms with Crippen molar-refractivity contribution in [1.82, 2.24) is 9.78 Å². The molecule has 134 valence electrons. The van der Waals surface area contributed by atoms with Gasteiger partial charge >= 0.3 is 0 Å². The molecule has 0 saturated carbocycles. The highest BCUT2D eigenvalue weighted by molar-refractivity contribution is 5.83. The highest BCUT2D eigenvalue weighted by atomic mass is 16.5. The molecule has 2 atom stereocenters. The maximum Gasteiger partial charge on any atom is 0.157 e. The van der Waals surface area contributed by atoms with Gasteiger partial charge in [-0.25, -0.2) is 0 Å². The molecule has 1 aromatic carbocycles. The van der Waals surface area contributed by atoms with Crippen LogP contribution in [0.1, 0.15) is 48.3 Å². The molecule has 6 nitrogen and oxygen atoms in total. The normalized spacial score (nSPS) is 20.6. The molecule has 6 heteroatoms. The number of aromatic hydroxyl groups is 1. The van der Waals surface area contributed by atoms with Crippen LogP contribution in [0.5, 0.6) is 11.5 Å². The number of phenolic OH excluding ortho intramolecular Hbond substituents is 1. The Morgan fingerprint density at radius 3 is 3.04 bits per heavy atom. The number of phenols is 1. The minimum Gasteiger partial charge on any atom is -0.507 e. The molecule has 0 radical (unpaired) electrons. The maximum atomic E-state index is 11.2. The Morgan fingerprint density at radius 2 is 2.28 bits per heavy atom. The third-order valence-electron chi connectivity index (χ3n) is 4.68. The summed E-state index contributed by atoms with van der Waals surface area (Å²) in [4.78, 5) is 11.2. The Labute approximate surface area is 147 Å². The van der Waals surface area contributed by atoms with Crippen LogP contribution in [0.25, 0.3) is 0 Å². The first-order chi connectivity index (χ1) is 12.1. The number of nitrogens with zero attached hydrogens (tertiary/aromatic N) is 2.